The maximum absolute atomic E-state index is 9.78. The number of methoxy groups -OCH3 is 1. The van der Waals surface area contributed by atoms with Crippen molar-refractivity contribution in [3.63, 3.8) is 0 Å². The summed E-state index contributed by atoms with van der Waals surface area (Å²) in [5.74, 6) is 1.21. The van der Waals surface area contributed by atoms with E-state index in [1.165, 1.54) is 13.4 Å². The van der Waals surface area contributed by atoms with Gasteiger partial charge in [-0.15, -0.1) is 0 Å². The first-order valence-electron chi connectivity index (χ1n) is 6.11. The molecule has 0 amide bonds. The van der Waals surface area contributed by atoms with Crippen molar-refractivity contribution in [1.82, 2.24) is 9.97 Å². The van der Waals surface area contributed by atoms with Gasteiger partial charge in [0.1, 0.15) is 12.1 Å². The molecule has 5 nitrogen and oxygen atoms in total. The van der Waals surface area contributed by atoms with Crippen molar-refractivity contribution < 1.29 is 9.84 Å². The van der Waals surface area contributed by atoms with Gasteiger partial charge in [0.2, 0.25) is 0 Å². The van der Waals surface area contributed by atoms with Crippen molar-refractivity contribution in [3.05, 3.63) is 48.8 Å². The van der Waals surface area contributed by atoms with Crippen LogP contribution in [0.15, 0.2) is 48.8 Å². The van der Waals surface area contributed by atoms with Crippen molar-refractivity contribution in [2.75, 3.05) is 12.4 Å². The molecule has 0 saturated carbocycles. The van der Waals surface area contributed by atoms with Crippen LogP contribution >= 0.6 is 0 Å². The standard InChI is InChI=1S/C15H13N3O2/c1-20-14-7-6-10(8-13(14)19)18-15-11-4-2-3-5-12(11)16-9-17-15/h2-9,19H,1H3,(H,16,17,18). The maximum atomic E-state index is 9.78. The van der Waals surface area contributed by atoms with Crippen LogP contribution in [0, 0.1) is 0 Å². The van der Waals surface area contributed by atoms with Crippen molar-refractivity contribution in [2.24, 2.45) is 0 Å². The third kappa shape index (κ3) is 2.21. The highest BCUT2D eigenvalue weighted by atomic mass is 16.5. The zero-order valence-electron chi connectivity index (χ0n) is 10.9. The summed E-state index contributed by atoms with van der Waals surface area (Å²) in [5.41, 5.74) is 1.59. The molecule has 100 valence electrons. The summed E-state index contributed by atoms with van der Waals surface area (Å²) in [4.78, 5) is 8.45. The Balaban J connectivity index is 1.99. The van der Waals surface area contributed by atoms with Crippen molar-refractivity contribution in [2.45, 2.75) is 0 Å². The second kappa shape index (κ2) is 5.05. The number of aromatic nitrogens is 2. The Bertz CT molecular complexity index is 754. The fourth-order valence-corrected chi connectivity index (χ4v) is 2.01. The molecule has 0 bridgehead atoms. The lowest BCUT2D eigenvalue weighted by molar-refractivity contribution is 0.373. The molecule has 1 heterocycles. The predicted octanol–water partition coefficient (Wildman–Crippen LogP) is 3.09. The van der Waals surface area contributed by atoms with Crippen LogP contribution in [0.4, 0.5) is 11.5 Å². The van der Waals surface area contributed by atoms with Gasteiger partial charge in [0.25, 0.3) is 0 Å². The van der Waals surface area contributed by atoms with E-state index in [1.54, 1.807) is 12.1 Å². The number of ether oxygens (including phenoxy) is 1. The first kappa shape index (κ1) is 12.2. The van der Waals surface area contributed by atoms with E-state index >= 15 is 0 Å². The molecule has 5 heteroatoms. The second-order valence-corrected chi connectivity index (χ2v) is 4.25. The summed E-state index contributed by atoms with van der Waals surface area (Å²) in [5, 5.41) is 13.9. The van der Waals surface area contributed by atoms with Gasteiger partial charge in [-0.3, -0.25) is 0 Å². The van der Waals surface area contributed by atoms with Crippen LogP contribution in [-0.2, 0) is 0 Å². The van der Waals surface area contributed by atoms with E-state index in [0.29, 0.717) is 11.6 Å². The number of hydrogen-bond acceptors (Lipinski definition) is 5. The molecule has 0 atom stereocenters. The van der Waals surface area contributed by atoms with E-state index < -0.39 is 0 Å². The Labute approximate surface area is 115 Å². The number of phenols is 1. The van der Waals surface area contributed by atoms with E-state index in [0.717, 1.165) is 16.6 Å². The summed E-state index contributed by atoms with van der Waals surface area (Å²) in [6, 6.07) is 12.8. The van der Waals surface area contributed by atoms with Gasteiger partial charge in [-0.2, -0.15) is 0 Å². The summed E-state index contributed by atoms with van der Waals surface area (Å²) in [6.07, 6.45) is 1.51. The molecule has 2 aromatic carbocycles. The maximum Gasteiger partial charge on any atom is 0.160 e. The average Bonchev–Trinajstić information content (AvgIpc) is 2.48. The molecule has 3 aromatic rings. The van der Waals surface area contributed by atoms with Gasteiger partial charge in [0.05, 0.1) is 12.6 Å². The summed E-state index contributed by atoms with van der Waals surface area (Å²) in [6.45, 7) is 0. The Morgan fingerprint density at radius 2 is 1.95 bits per heavy atom. The molecule has 3 rings (SSSR count). The molecule has 0 unspecified atom stereocenters. The molecule has 0 aliphatic heterocycles. The Hall–Kier alpha value is -2.82. The van der Waals surface area contributed by atoms with Crippen LogP contribution in [-0.4, -0.2) is 22.2 Å². The molecule has 1 aromatic heterocycles. The number of anilines is 2. The quantitative estimate of drug-likeness (QED) is 0.763. The Kier molecular flexibility index (Phi) is 3.09. The number of benzene rings is 2. The minimum absolute atomic E-state index is 0.0795. The second-order valence-electron chi connectivity index (χ2n) is 4.25. The molecular weight excluding hydrogens is 254 g/mol. The summed E-state index contributed by atoms with van der Waals surface area (Å²) >= 11 is 0. The number of hydrogen-bond donors (Lipinski definition) is 2. The van der Waals surface area contributed by atoms with Gasteiger partial charge in [-0.05, 0) is 24.3 Å². The number of nitrogens with one attached hydrogen (secondary N) is 1. The predicted molar refractivity (Wildman–Crippen MR) is 77.5 cm³/mol. The Morgan fingerprint density at radius 3 is 2.75 bits per heavy atom. The molecule has 2 N–H and O–H groups in total. The number of fused-ring (bicyclic) bond motifs is 1. The third-order valence-electron chi connectivity index (χ3n) is 2.98. The van der Waals surface area contributed by atoms with E-state index in [-0.39, 0.29) is 5.75 Å². The van der Waals surface area contributed by atoms with Gasteiger partial charge in [0, 0.05) is 17.1 Å². The first-order valence-corrected chi connectivity index (χ1v) is 6.11. The number of nitrogens with zero attached hydrogens (tertiary/aromatic N) is 2. The van der Waals surface area contributed by atoms with Crippen molar-refractivity contribution >= 4 is 22.4 Å². The molecule has 0 spiro atoms. The van der Waals surface area contributed by atoms with E-state index in [2.05, 4.69) is 15.3 Å². The van der Waals surface area contributed by atoms with E-state index in [9.17, 15) is 5.11 Å². The lowest BCUT2D eigenvalue weighted by Gasteiger charge is -2.10. The highest BCUT2D eigenvalue weighted by molar-refractivity contribution is 5.90. The van der Waals surface area contributed by atoms with E-state index in [1.807, 2.05) is 30.3 Å². The monoisotopic (exact) mass is 267 g/mol. The SMILES string of the molecule is COc1ccc(Nc2ncnc3ccccc23)cc1O. The molecule has 0 saturated heterocycles. The molecule has 0 radical (unpaired) electrons. The third-order valence-corrected chi connectivity index (χ3v) is 2.98. The fraction of sp³-hybridized carbons (Fsp3) is 0.0667. The van der Waals surface area contributed by atoms with Crippen molar-refractivity contribution in [1.29, 1.82) is 0 Å². The van der Waals surface area contributed by atoms with Gasteiger partial charge in [-0.1, -0.05) is 12.1 Å². The number of rotatable bonds is 3. The van der Waals surface area contributed by atoms with Crippen LogP contribution in [0.5, 0.6) is 11.5 Å². The molecule has 0 fully saturated rings. The minimum Gasteiger partial charge on any atom is -0.504 e. The highest BCUT2D eigenvalue weighted by Gasteiger charge is 2.06. The number of aromatic hydroxyl groups is 1. The van der Waals surface area contributed by atoms with Gasteiger partial charge in [0.15, 0.2) is 11.5 Å². The smallest absolute Gasteiger partial charge is 0.160 e. The molecule has 20 heavy (non-hydrogen) atoms. The van der Waals surface area contributed by atoms with Gasteiger partial charge >= 0.3 is 0 Å². The zero-order valence-corrected chi connectivity index (χ0v) is 10.9. The first-order chi connectivity index (χ1) is 9.78. The number of phenolic OH excluding ortho intramolecular Hbond substituents is 1. The summed E-state index contributed by atoms with van der Waals surface area (Å²) < 4.78 is 5.02. The normalized spacial score (nSPS) is 10.4. The molecular formula is C15H13N3O2. The van der Waals surface area contributed by atoms with Crippen molar-refractivity contribution in [3.8, 4) is 11.5 Å². The average molecular weight is 267 g/mol. The van der Waals surface area contributed by atoms with Crippen LogP contribution in [0.3, 0.4) is 0 Å². The number of para-hydroxylation sites is 1. The largest absolute Gasteiger partial charge is 0.504 e. The summed E-state index contributed by atoms with van der Waals surface area (Å²) in [7, 11) is 1.51. The van der Waals surface area contributed by atoms with Crippen LogP contribution in [0.25, 0.3) is 10.9 Å². The molecule has 0 aliphatic rings. The van der Waals surface area contributed by atoms with Crippen LogP contribution in [0.1, 0.15) is 0 Å². The Morgan fingerprint density at radius 1 is 1.10 bits per heavy atom. The van der Waals surface area contributed by atoms with Gasteiger partial charge < -0.3 is 15.2 Å². The zero-order chi connectivity index (χ0) is 13.9. The molecule has 0 aliphatic carbocycles. The minimum atomic E-state index is 0.0795. The highest BCUT2D eigenvalue weighted by Crippen LogP contribution is 2.30. The topological polar surface area (TPSA) is 67.3 Å². The van der Waals surface area contributed by atoms with E-state index in [4.69, 9.17) is 4.74 Å². The lowest BCUT2D eigenvalue weighted by Crippen LogP contribution is -1.96. The fourth-order valence-electron chi connectivity index (χ4n) is 2.01. The van der Waals surface area contributed by atoms with Gasteiger partial charge in [-0.25, -0.2) is 9.97 Å². The van der Waals surface area contributed by atoms with Crippen LogP contribution < -0.4 is 10.1 Å². The van der Waals surface area contributed by atoms with Crippen LogP contribution in [0.2, 0.25) is 0 Å². The lowest BCUT2D eigenvalue weighted by atomic mass is 10.2.